The van der Waals surface area contributed by atoms with Crippen LogP contribution in [0.3, 0.4) is 0 Å². The summed E-state index contributed by atoms with van der Waals surface area (Å²) in [5.74, 6) is 1.73. The number of hydrogen-bond acceptors (Lipinski definition) is 4. The molecule has 2 aromatic heterocycles. The summed E-state index contributed by atoms with van der Waals surface area (Å²) in [6, 6.07) is 3.72. The molecular formula is C13H15N5O2. The van der Waals surface area contributed by atoms with Gasteiger partial charge in [0.1, 0.15) is 5.82 Å². The molecule has 0 bridgehead atoms. The third-order valence-electron chi connectivity index (χ3n) is 3.59. The summed E-state index contributed by atoms with van der Waals surface area (Å²) in [7, 11) is 0. The lowest BCUT2D eigenvalue weighted by atomic mass is 9.96. The highest BCUT2D eigenvalue weighted by Gasteiger charge is 2.25. The normalized spacial score (nSPS) is 16.3. The van der Waals surface area contributed by atoms with Crippen LogP contribution in [-0.2, 0) is 0 Å². The minimum Gasteiger partial charge on any atom is -0.465 e. The maximum absolute atomic E-state index is 10.9. The Balaban J connectivity index is 1.71. The van der Waals surface area contributed by atoms with Crippen molar-refractivity contribution < 1.29 is 9.90 Å². The topological polar surface area (TPSA) is 95.0 Å². The van der Waals surface area contributed by atoms with Gasteiger partial charge in [-0.15, -0.1) is 0 Å². The SMILES string of the molecule is O=C(O)N1CCC(c2nc(-c3ccncc3)n[nH]2)CC1. The number of pyridine rings is 1. The number of carbonyl (C=O) groups is 1. The quantitative estimate of drug-likeness (QED) is 0.868. The average Bonchev–Trinajstić information content (AvgIpc) is 2.98. The highest BCUT2D eigenvalue weighted by atomic mass is 16.4. The van der Waals surface area contributed by atoms with Gasteiger partial charge in [0.05, 0.1) is 0 Å². The molecule has 0 atom stereocenters. The van der Waals surface area contributed by atoms with Crippen molar-refractivity contribution in [1.29, 1.82) is 0 Å². The lowest BCUT2D eigenvalue weighted by Crippen LogP contribution is -2.37. The second-order valence-corrected chi connectivity index (χ2v) is 4.82. The Labute approximate surface area is 115 Å². The molecule has 1 amide bonds. The Bertz CT molecular complexity index is 590. The van der Waals surface area contributed by atoms with E-state index in [2.05, 4.69) is 20.2 Å². The fourth-order valence-corrected chi connectivity index (χ4v) is 2.43. The second kappa shape index (κ2) is 5.28. The Morgan fingerprint density at radius 3 is 2.65 bits per heavy atom. The van der Waals surface area contributed by atoms with Crippen LogP contribution in [0, 0.1) is 0 Å². The Hall–Kier alpha value is -2.44. The van der Waals surface area contributed by atoms with E-state index in [4.69, 9.17) is 5.11 Å². The first kappa shape index (κ1) is 12.6. The molecule has 3 heterocycles. The van der Waals surface area contributed by atoms with Gasteiger partial charge in [0.15, 0.2) is 5.82 Å². The standard InChI is InChI=1S/C13H15N5O2/c19-13(20)18-7-3-10(4-8-18)12-15-11(16-17-12)9-1-5-14-6-2-9/h1-2,5-6,10H,3-4,7-8H2,(H,19,20)(H,15,16,17). The summed E-state index contributed by atoms with van der Waals surface area (Å²) >= 11 is 0. The Morgan fingerprint density at radius 2 is 2.00 bits per heavy atom. The van der Waals surface area contributed by atoms with Gasteiger partial charge >= 0.3 is 6.09 Å². The molecule has 7 nitrogen and oxygen atoms in total. The van der Waals surface area contributed by atoms with Gasteiger partial charge < -0.3 is 10.0 Å². The zero-order chi connectivity index (χ0) is 13.9. The molecule has 20 heavy (non-hydrogen) atoms. The number of piperidine rings is 1. The van der Waals surface area contributed by atoms with Gasteiger partial charge in [0, 0.05) is 37.0 Å². The van der Waals surface area contributed by atoms with E-state index in [0.717, 1.165) is 24.2 Å². The second-order valence-electron chi connectivity index (χ2n) is 4.82. The molecule has 1 aliphatic rings. The van der Waals surface area contributed by atoms with Crippen LogP contribution in [0.25, 0.3) is 11.4 Å². The zero-order valence-electron chi connectivity index (χ0n) is 10.9. The predicted molar refractivity (Wildman–Crippen MR) is 71.2 cm³/mol. The van der Waals surface area contributed by atoms with E-state index in [-0.39, 0.29) is 5.92 Å². The van der Waals surface area contributed by atoms with Crippen LogP contribution in [0.15, 0.2) is 24.5 Å². The molecular weight excluding hydrogens is 258 g/mol. The first-order valence-electron chi connectivity index (χ1n) is 6.54. The van der Waals surface area contributed by atoms with Crippen LogP contribution in [0.5, 0.6) is 0 Å². The van der Waals surface area contributed by atoms with Crippen LogP contribution in [-0.4, -0.2) is 49.4 Å². The fraction of sp³-hybridized carbons (Fsp3) is 0.385. The molecule has 0 unspecified atom stereocenters. The van der Waals surface area contributed by atoms with E-state index in [9.17, 15) is 4.79 Å². The van der Waals surface area contributed by atoms with Gasteiger partial charge in [0.2, 0.25) is 0 Å². The molecule has 0 spiro atoms. The Kier molecular flexibility index (Phi) is 3.32. The van der Waals surface area contributed by atoms with Crippen molar-refractivity contribution in [2.75, 3.05) is 13.1 Å². The monoisotopic (exact) mass is 273 g/mol. The summed E-state index contributed by atoms with van der Waals surface area (Å²) in [6.45, 7) is 1.09. The number of H-pyrrole nitrogens is 1. The molecule has 3 rings (SSSR count). The van der Waals surface area contributed by atoms with Gasteiger partial charge in [-0.2, -0.15) is 5.10 Å². The van der Waals surface area contributed by atoms with Crippen LogP contribution < -0.4 is 0 Å². The number of rotatable bonds is 2. The molecule has 1 aliphatic heterocycles. The highest BCUT2D eigenvalue weighted by Crippen LogP contribution is 2.26. The molecule has 1 saturated heterocycles. The van der Waals surface area contributed by atoms with Crippen molar-refractivity contribution in [3.05, 3.63) is 30.4 Å². The van der Waals surface area contributed by atoms with E-state index >= 15 is 0 Å². The zero-order valence-corrected chi connectivity index (χ0v) is 10.9. The lowest BCUT2D eigenvalue weighted by molar-refractivity contribution is 0.131. The summed E-state index contributed by atoms with van der Waals surface area (Å²) in [5.41, 5.74) is 0.922. The van der Waals surface area contributed by atoms with E-state index < -0.39 is 6.09 Å². The van der Waals surface area contributed by atoms with Crippen LogP contribution in [0.2, 0.25) is 0 Å². The largest absolute Gasteiger partial charge is 0.465 e. The van der Waals surface area contributed by atoms with Gasteiger partial charge in [-0.25, -0.2) is 9.78 Å². The van der Waals surface area contributed by atoms with Crippen LogP contribution in [0.1, 0.15) is 24.6 Å². The molecule has 0 aliphatic carbocycles. The minimum absolute atomic E-state index is 0.244. The minimum atomic E-state index is -0.849. The van der Waals surface area contributed by atoms with Crippen molar-refractivity contribution in [2.24, 2.45) is 0 Å². The Morgan fingerprint density at radius 1 is 1.30 bits per heavy atom. The van der Waals surface area contributed by atoms with Crippen LogP contribution in [0.4, 0.5) is 4.79 Å². The number of aromatic amines is 1. The maximum atomic E-state index is 10.9. The molecule has 1 fully saturated rings. The van der Waals surface area contributed by atoms with Crippen molar-refractivity contribution in [1.82, 2.24) is 25.1 Å². The van der Waals surface area contributed by atoms with Crippen molar-refractivity contribution in [3.63, 3.8) is 0 Å². The first-order valence-corrected chi connectivity index (χ1v) is 6.54. The summed E-state index contributed by atoms with van der Waals surface area (Å²) in [5, 5.41) is 16.1. The summed E-state index contributed by atoms with van der Waals surface area (Å²) in [6.07, 6.45) is 4.11. The number of amides is 1. The third kappa shape index (κ3) is 2.47. The van der Waals surface area contributed by atoms with Crippen LogP contribution >= 0.6 is 0 Å². The summed E-state index contributed by atoms with van der Waals surface area (Å²) < 4.78 is 0. The number of likely N-dealkylation sites (tertiary alicyclic amines) is 1. The van der Waals surface area contributed by atoms with Gasteiger partial charge in [-0.05, 0) is 25.0 Å². The molecule has 0 saturated carbocycles. The molecule has 0 radical (unpaired) electrons. The molecule has 2 N–H and O–H groups in total. The molecule has 2 aromatic rings. The van der Waals surface area contributed by atoms with Gasteiger partial charge in [0.25, 0.3) is 0 Å². The number of nitrogens with one attached hydrogen (secondary N) is 1. The smallest absolute Gasteiger partial charge is 0.407 e. The van der Waals surface area contributed by atoms with Crippen molar-refractivity contribution in [2.45, 2.75) is 18.8 Å². The molecule has 7 heteroatoms. The van der Waals surface area contributed by atoms with E-state index in [0.29, 0.717) is 18.9 Å². The van der Waals surface area contributed by atoms with Gasteiger partial charge in [-0.3, -0.25) is 10.1 Å². The molecule has 104 valence electrons. The van der Waals surface area contributed by atoms with Crippen molar-refractivity contribution in [3.8, 4) is 11.4 Å². The maximum Gasteiger partial charge on any atom is 0.407 e. The van der Waals surface area contributed by atoms with E-state index in [1.54, 1.807) is 12.4 Å². The van der Waals surface area contributed by atoms with Gasteiger partial charge in [-0.1, -0.05) is 0 Å². The number of hydrogen-bond donors (Lipinski definition) is 2. The third-order valence-corrected chi connectivity index (χ3v) is 3.59. The lowest BCUT2D eigenvalue weighted by Gasteiger charge is -2.28. The highest BCUT2D eigenvalue weighted by molar-refractivity contribution is 5.65. The molecule has 0 aromatic carbocycles. The summed E-state index contributed by atoms with van der Waals surface area (Å²) in [4.78, 5) is 20.8. The van der Waals surface area contributed by atoms with E-state index in [1.807, 2.05) is 12.1 Å². The first-order chi connectivity index (χ1) is 9.74. The predicted octanol–water partition coefficient (Wildman–Crippen LogP) is 1.72. The van der Waals surface area contributed by atoms with Crippen molar-refractivity contribution >= 4 is 6.09 Å². The number of aromatic nitrogens is 4. The van der Waals surface area contributed by atoms with E-state index in [1.165, 1.54) is 4.90 Å². The number of carboxylic acid groups (broad SMARTS) is 1. The average molecular weight is 273 g/mol. The number of nitrogens with zero attached hydrogens (tertiary/aromatic N) is 4. The fourth-order valence-electron chi connectivity index (χ4n) is 2.43.